The standard InChI is InChI=1S/C18H18O3/c1-13(19)6-4-5-11-20-14-9-10-18-16(12-14)15-7-2-3-8-17(15)21-18/h2-3,7-10,12H,4-6,11H2,1H3. The number of ketones is 1. The molecular weight excluding hydrogens is 264 g/mol. The quantitative estimate of drug-likeness (QED) is 0.614. The van der Waals surface area contributed by atoms with Gasteiger partial charge in [-0.1, -0.05) is 18.2 Å². The Kier molecular flexibility index (Phi) is 3.91. The number of furan rings is 1. The fraction of sp³-hybridized carbons (Fsp3) is 0.278. The van der Waals surface area contributed by atoms with Crippen molar-refractivity contribution in [1.82, 2.24) is 0 Å². The molecule has 0 fully saturated rings. The Morgan fingerprint density at radius 1 is 1.05 bits per heavy atom. The zero-order chi connectivity index (χ0) is 14.7. The lowest BCUT2D eigenvalue weighted by Crippen LogP contribution is -1.98. The van der Waals surface area contributed by atoms with Crippen LogP contribution in [0.5, 0.6) is 5.75 Å². The van der Waals surface area contributed by atoms with E-state index in [1.54, 1.807) is 6.92 Å². The van der Waals surface area contributed by atoms with E-state index in [1.807, 2.05) is 36.4 Å². The van der Waals surface area contributed by atoms with E-state index < -0.39 is 0 Å². The molecule has 0 unspecified atom stereocenters. The number of carbonyl (C=O) groups excluding carboxylic acids is 1. The molecule has 0 radical (unpaired) electrons. The second-order valence-electron chi connectivity index (χ2n) is 5.26. The SMILES string of the molecule is CC(=O)CCCCOc1ccc2oc3ccccc3c2c1. The minimum absolute atomic E-state index is 0.237. The van der Waals surface area contributed by atoms with Crippen LogP contribution < -0.4 is 4.74 Å². The molecule has 0 spiro atoms. The highest BCUT2D eigenvalue weighted by molar-refractivity contribution is 6.05. The minimum atomic E-state index is 0.237. The number of rotatable bonds is 6. The Morgan fingerprint density at radius 2 is 1.86 bits per heavy atom. The van der Waals surface area contributed by atoms with Gasteiger partial charge in [-0.05, 0) is 44.0 Å². The van der Waals surface area contributed by atoms with Crippen LogP contribution >= 0.6 is 0 Å². The van der Waals surface area contributed by atoms with Crippen molar-refractivity contribution in [3.63, 3.8) is 0 Å². The van der Waals surface area contributed by atoms with Crippen molar-refractivity contribution in [2.24, 2.45) is 0 Å². The molecule has 0 aliphatic rings. The number of benzene rings is 2. The molecule has 0 amide bonds. The van der Waals surface area contributed by atoms with Gasteiger partial charge in [-0.15, -0.1) is 0 Å². The van der Waals surface area contributed by atoms with E-state index in [-0.39, 0.29) is 5.78 Å². The van der Waals surface area contributed by atoms with Gasteiger partial charge in [-0.3, -0.25) is 0 Å². The van der Waals surface area contributed by atoms with Gasteiger partial charge in [0.15, 0.2) is 0 Å². The molecule has 3 rings (SSSR count). The monoisotopic (exact) mass is 282 g/mol. The van der Waals surface area contributed by atoms with Crippen molar-refractivity contribution in [1.29, 1.82) is 0 Å². The molecule has 0 saturated carbocycles. The van der Waals surface area contributed by atoms with E-state index in [4.69, 9.17) is 9.15 Å². The summed E-state index contributed by atoms with van der Waals surface area (Å²) in [7, 11) is 0. The molecule has 0 aliphatic carbocycles. The molecular formula is C18H18O3. The average Bonchev–Trinajstić information content (AvgIpc) is 2.84. The Balaban J connectivity index is 1.72. The van der Waals surface area contributed by atoms with E-state index in [2.05, 4.69) is 6.07 Å². The molecule has 21 heavy (non-hydrogen) atoms. The molecule has 0 saturated heterocycles. The first-order chi connectivity index (χ1) is 10.2. The molecule has 1 aromatic heterocycles. The van der Waals surface area contributed by atoms with Crippen molar-refractivity contribution in [2.45, 2.75) is 26.2 Å². The summed E-state index contributed by atoms with van der Waals surface area (Å²) in [5, 5.41) is 2.18. The largest absolute Gasteiger partial charge is 0.494 e. The van der Waals surface area contributed by atoms with E-state index in [0.29, 0.717) is 13.0 Å². The summed E-state index contributed by atoms with van der Waals surface area (Å²) in [6.07, 6.45) is 2.41. The molecule has 3 aromatic rings. The number of carbonyl (C=O) groups is 1. The Morgan fingerprint density at radius 3 is 2.71 bits per heavy atom. The second kappa shape index (κ2) is 6.00. The highest BCUT2D eigenvalue weighted by atomic mass is 16.5. The Bertz CT molecular complexity index is 770. The lowest BCUT2D eigenvalue weighted by molar-refractivity contribution is -0.117. The fourth-order valence-corrected chi connectivity index (χ4v) is 2.46. The zero-order valence-corrected chi connectivity index (χ0v) is 12.1. The van der Waals surface area contributed by atoms with Crippen molar-refractivity contribution in [2.75, 3.05) is 6.61 Å². The summed E-state index contributed by atoms with van der Waals surface area (Å²) in [5.74, 6) is 1.08. The molecule has 3 heteroatoms. The molecule has 1 heterocycles. The third-order valence-corrected chi connectivity index (χ3v) is 3.54. The van der Waals surface area contributed by atoms with Crippen LogP contribution in [0.2, 0.25) is 0 Å². The van der Waals surface area contributed by atoms with Crippen LogP contribution in [0.25, 0.3) is 21.9 Å². The molecule has 3 nitrogen and oxygen atoms in total. The Labute approximate surface area is 123 Å². The van der Waals surface area contributed by atoms with E-state index in [0.717, 1.165) is 40.5 Å². The maximum atomic E-state index is 10.9. The fourth-order valence-electron chi connectivity index (χ4n) is 2.46. The number of hydrogen-bond donors (Lipinski definition) is 0. The molecule has 0 atom stereocenters. The smallest absolute Gasteiger partial charge is 0.135 e. The highest BCUT2D eigenvalue weighted by Crippen LogP contribution is 2.31. The van der Waals surface area contributed by atoms with Gasteiger partial charge in [0.25, 0.3) is 0 Å². The summed E-state index contributed by atoms with van der Waals surface area (Å²) >= 11 is 0. The maximum absolute atomic E-state index is 10.9. The first-order valence-electron chi connectivity index (χ1n) is 7.27. The van der Waals surface area contributed by atoms with Crippen LogP contribution in [-0.4, -0.2) is 12.4 Å². The lowest BCUT2D eigenvalue weighted by Gasteiger charge is -2.05. The summed E-state index contributed by atoms with van der Waals surface area (Å²) in [6, 6.07) is 13.9. The molecule has 0 bridgehead atoms. The number of fused-ring (bicyclic) bond motifs is 3. The number of Topliss-reactive ketones (excluding diaryl/α,β-unsaturated/α-hetero) is 1. The van der Waals surface area contributed by atoms with Crippen molar-refractivity contribution < 1.29 is 13.9 Å². The van der Waals surface area contributed by atoms with Crippen LogP contribution in [-0.2, 0) is 4.79 Å². The van der Waals surface area contributed by atoms with Crippen molar-refractivity contribution >= 4 is 27.7 Å². The van der Waals surface area contributed by atoms with Gasteiger partial charge < -0.3 is 13.9 Å². The molecule has 2 aromatic carbocycles. The van der Waals surface area contributed by atoms with E-state index >= 15 is 0 Å². The molecule has 108 valence electrons. The maximum Gasteiger partial charge on any atom is 0.135 e. The van der Waals surface area contributed by atoms with Gasteiger partial charge in [-0.2, -0.15) is 0 Å². The second-order valence-corrected chi connectivity index (χ2v) is 5.26. The van der Waals surface area contributed by atoms with Crippen LogP contribution in [0, 0.1) is 0 Å². The summed E-state index contributed by atoms with van der Waals surface area (Å²) < 4.78 is 11.5. The third-order valence-electron chi connectivity index (χ3n) is 3.54. The minimum Gasteiger partial charge on any atom is -0.494 e. The van der Waals surface area contributed by atoms with Crippen LogP contribution in [0.1, 0.15) is 26.2 Å². The van der Waals surface area contributed by atoms with Gasteiger partial charge >= 0.3 is 0 Å². The van der Waals surface area contributed by atoms with Gasteiger partial charge in [0.2, 0.25) is 0 Å². The number of para-hydroxylation sites is 1. The predicted molar refractivity (Wildman–Crippen MR) is 83.7 cm³/mol. The first-order valence-corrected chi connectivity index (χ1v) is 7.27. The number of unbranched alkanes of at least 4 members (excludes halogenated alkanes) is 1. The topological polar surface area (TPSA) is 39.4 Å². The van der Waals surface area contributed by atoms with Gasteiger partial charge in [0, 0.05) is 17.2 Å². The summed E-state index contributed by atoms with van der Waals surface area (Å²) in [4.78, 5) is 10.9. The zero-order valence-electron chi connectivity index (χ0n) is 12.1. The highest BCUT2D eigenvalue weighted by Gasteiger charge is 2.07. The number of ether oxygens (including phenoxy) is 1. The van der Waals surface area contributed by atoms with Crippen molar-refractivity contribution in [3.05, 3.63) is 42.5 Å². The van der Waals surface area contributed by atoms with Crippen LogP contribution in [0.15, 0.2) is 46.9 Å². The summed E-state index contributed by atoms with van der Waals surface area (Å²) in [6.45, 7) is 2.26. The van der Waals surface area contributed by atoms with Gasteiger partial charge in [0.05, 0.1) is 6.61 Å². The van der Waals surface area contributed by atoms with Crippen LogP contribution in [0.3, 0.4) is 0 Å². The van der Waals surface area contributed by atoms with E-state index in [9.17, 15) is 4.79 Å². The average molecular weight is 282 g/mol. The first kappa shape index (κ1) is 13.7. The summed E-state index contributed by atoms with van der Waals surface area (Å²) in [5.41, 5.74) is 1.77. The Hall–Kier alpha value is -2.29. The van der Waals surface area contributed by atoms with Gasteiger partial charge in [-0.25, -0.2) is 0 Å². The molecule has 0 aliphatic heterocycles. The third kappa shape index (κ3) is 3.07. The normalized spacial score (nSPS) is 11.1. The van der Waals surface area contributed by atoms with Gasteiger partial charge in [0.1, 0.15) is 22.7 Å². The van der Waals surface area contributed by atoms with E-state index in [1.165, 1.54) is 0 Å². The molecule has 0 N–H and O–H groups in total. The van der Waals surface area contributed by atoms with Crippen LogP contribution in [0.4, 0.5) is 0 Å². The predicted octanol–water partition coefficient (Wildman–Crippen LogP) is 4.72. The lowest BCUT2D eigenvalue weighted by atomic mass is 10.1. The number of hydrogen-bond acceptors (Lipinski definition) is 3. The van der Waals surface area contributed by atoms with Crippen molar-refractivity contribution in [3.8, 4) is 5.75 Å².